The number of hydrogen-bond acceptors (Lipinski definition) is 2. The molecular weight excluding hydrogens is 154 g/mol. The average molecular weight is 163 g/mol. The molecule has 11 heavy (non-hydrogen) atoms. The Hall–Kier alpha value is -0.760. The maximum absolute atomic E-state index is 4.27. The summed E-state index contributed by atoms with van der Waals surface area (Å²) in [6.45, 7) is 0.850. The molecule has 0 fully saturated rings. The number of fused-ring (bicyclic) bond motifs is 1. The van der Waals surface area contributed by atoms with E-state index >= 15 is 0 Å². The molecular formula is C9H9NS. The van der Waals surface area contributed by atoms with Crippen molar-refractivity contribution in [3.8, 4) is 0 Å². The molecule has 0 saturated carbocycles. The highest BCUT2D eigenvalue weighted by Gasteiger charge is 2.02. The standard InChI is InChI=1S/C9H9NS/c1-2-4-9-8(3-1)7-10-5-6-11-9/h1-5H,6-7H2. The number of hydrogen-bond donors (Lipinski definition) is 0. The van der Waals surface area contributed by atoms with E-state index in [4.69, 9.17) is 0 Å². The van der Waals surface area contributed by atoms with Crippen molar-refractivity contribution in [1.29, 1.82) is 0 Å². The van der Waals surface area contributed by atoms with Crippen LogP contribution in [0.25, 0.3) is 0 Å². The highest BCUT2D eigenvalue weighted by molar-refractivity contribution is 8.00. The van der Waals surface area contributed by atoms with E-state index in [1.807, 2.05) is 18.0 Å². The lowest BCUT2D eigenvalue weighted by atomic mass is 10.2. The minimum Gasteiger partial charge on any atom is -0.292 e. The molecule has 0 atom stereocenters. The minimum absolute atomic E-state index is 0.850. The second-order valence-corrected chi connectivity index (χ2v) is 3.50. The molecule has 0 aromatic heterocycles. The number of benzene rings is 1. The number of nitrogens with zero attached hydrogens (tertiary/aromatic N) is 1. The molecule has 0 saturated heterocycles. The van der Waals surface area contributed by atoms with Crippen LogP contribution in [-0.4, -0.2) is 12.0 Å². The molecule has 0 aliphatic carbocycles. The molecule has 2 heteroatoms. The molecule has 1 nitrogen and oxygen atoms in total. The van der Waals surface area contributed by atoms with Gasteiger partial charge in [-0.2, -0.15) is 0 Å². The van der Waals surface area contributed by atoms with Crippen molar-refractivity contribution < 1.29 is 0 Å². The first-order valence-electron chi connectivity index (χ1n) is 3.66. The van der Waals surface area contributed by atoms with Gasteiger partial charge >= 0.3 is 0 Å². The van der Waals surface area contributed by atoms with Crippen molar-refractivity contribution >= 4 is 18.0 Å². The van der Waals surface area contributed by atoms with Gasteiger partial charge in [-0.25, -0.2) is 0 Å². The van der Waals surface area contributed by atoms with Gasteiger partial charge in [0.15, 0.2) is 0 Å². The van der Waals surface area contributed by atoms with Crippen LogP contribution in [0, 0.1) is 0 Å². The summed E-state index contributed by atoms with van der Waals surface area (Å²) < 4.78 is 0. The van der Waals surface area contributed by atoms with Crippen molar-refractivity contribution in [2.45, 2.75) is 11.4 Å². The van der Waals surface area contributed by atoms with Gasteiger partial charge in [0.25, 0.3) is 0 Å². The summed E-state index contributed by atoms with van der Waals surface area (Å²) >= 11 is 1.86. The first-order chi connectivity index (χ1) is 5.47. The van der Waals surface area contributed by atoms with Crippen LogP contribution in [0.3, 0.4) is 0 Å². The SMILES string of the molecule is C1=NCc2ccccc2SC1. The van der Waals surface area contributed by atoms with Crippen molar-refractivity contribution in [3.05, 3.63) is 29.8 Å². The van der Waals surface area contributed by atoms with Gasteiger partial charge < -0.3 is 0 Å². The molecule has 1 aromatic rings. The van der Waals surface area contributed by atoms with Crippen LogP contribution in [0.15, 0.2) is 34.2 Å². The third-order valence-corrected chi connectivity index (χ3v) is 2.70. The monoisotopic (exact) mass is 163 g/mol. The molecule has 1 aliphatic heterocycles. The van der Waals surface area contributed by atoms with Crippen molar-refractivity contribution in [3.63, 3.8) is 0 Å². The summed E-state index contributed by atoms with van der Waals surface area (Å²) in [6, 6.07) is 8.46. The average Bonchev–Trinajstić information content (AvgIpc) is 2.28. The Balaban J connectivity index is 2.40. The molecule has 0 bridgehead atoms. The first-order valence-corrected chi connectivity index (χ1v) is 4.64. The molecule has 0 amide bonds. The second kappa shape index (κ2) is 3.09. The van der Waals surface area contributed by atoms with Crippen LogP contribution in [0.5, 0.6) is 0 Å². The molecule has 1 heterocycles. The Morgan fingerprint density at radius 3 is 3.18 bits per heavy atom. The first kappa shape index (κ1) is 6.92. The van der Waals surface area contributed by atoms with Gasteiger partial charge in [-0.05, 0) is 11.6 Å². The number of thioether (sulfide) groups is 1. The molecule has 1 aromatic carbocycles. The van der Waals surface area contributed by atoms with Gasteiger partial charge in [-0.1, -0.05) is 18.2 Å². The fourth-order valence-corrected chi connectivity index (χ4v) is 1.97. The van der Waals surface area contributed by atoms with Crippen molar-refractivity contribution in [2.75, 3.05) is 5.75 Å². The summed E-state index contributed by atoms with van der Waals surface area (Å²) in [5.74, 6) is 1.01. The quantitative estimate of drug-likeness (QED) is 0.572. The van der Waals surface area contributed by atoms with E-state index in [9.17, 15) is 0 Å². The maximum atomic E-state index is 4.27. The van der Waals surface area contributed by atoms with E-state index in [2.05, 4.69) is 29.3 Å². The Morgan fingerprint density at radius 2 is 2.18 bits per heavy atom. The van der Waals surface area contributed by atoms with E-state index in [0.29, 0.717) is 0 Å². The summed E-state index contributed by atoms with van der Waals surface area (Å²) in [5.41, 5.74) is 1.35. The van der Waals surface area contributed by atoms with Crippen molar-refractivity contribution in [2.24, 2.45) is 4.99 Å². The smallest absolute Gasteiger partial charge is 0.0647 e. The van der Waals surface area contributed by atoms with Crippen LogP contribution in [0.1, 0.15) is 5.56 Å². The number of rotatable bonds is 0. The molecule has 1 aliphatic rings. The summed E-state index contributed by atoms with van der Waals surface area (Å²) in [4.78, 5) is 5.65. The van der Waals surface area contributed by atoms with Gasteiger partial charge in [0.2, 0.25) is 0 Å². The minimum atomic E-state index is 0.850. The molecule has 2 rings (SSSR count). The van der Waals surface area contributed by atoms with Gasteiger partial charge in [0, 0.05) is 16.9 Å². The highest BCUT2D eigenvalue weighted by Crippen LogP contribution is 2.24. The highest BCUT2D eigenvalue weighted by atomic mass is 32.2. The van der Waals surface area contributed by atoms with E-state index in [1.165, 1.54) is 10.5 Å². The van der Waals surface area contributed by atoms with Gasteiger partial charge in [-0.15, -0.1) is 11.8 Å². The third-order valence-electron chi connectivity index (χ3n) is 1.68. The Labute approximate surface area is 70.5 Å². The van der Waals surface area contributed by atoms with Crippen LogP contribution in [0.4, 0.5) is 0 Å². The fraction of sp³-hybridized carbons (Fsp3) is 0.222. The van der Waals surface area contributed by atoms with Crippen LogP contribution < -0.4 is 0 Å². The summed E-state index contributed by atoms with van der Waals surface area (Å²) in [7, 11) is 0. The lowest BCUT2D eigenvalue weighted by Gasteiger charge is -2.00. The van der Waals surface area contributed by atoms with Crippen LogP contribution in [-0.2, 0) is 6.54 Å². The predicted molar refractivity (Wildman–Crippen MR) is 49.4 cm³/mol. The zero-order valence-electron chi connectivity index (χ0n) is 6.16. The lowest BCUT2D eigenvalue weighted by molar-refractivity contribution is 1.04. The Bertz CT molecular complexity index is 281. The Morgan fingerprint density at radius 1 is 1.27 bits per heavy atom. The van der Waals surface area contributed by atoms with E-state index in [0.717, 1.165) is 12.3 Å². The molecule has 0 radical (unpaired) electrons. The zero-order valence-corrected chi connectivity index (χ0v) is 6.97. The maximum Gasteiger partial charge on any atom is 0.0647 e. The molecule has 56 valence electrons. The predicted octanol–water partition coefficient (Wildman–Crippen LogP) is 2.36. The van der Waals surface area contributed by atoms with Gasteiger partial charge in [0.05, 0.1) is 6.54 Å². The largest absolute Gasteiger partial charge is 0.292 e. The fourth-order valence-electron chi connectivity index (χ4n) is 1.12. The second-order valence-electron chi connectivity index (χ2n) is 2.44. The van der Waals surface area contributed by atoms with E-state index < -0.39 is 0 Å². The number of aliphatic imine (C=N–C) groups is 1. The zero-order chi connectivity index (χ0) is 7.52. The van der Waals surface area contributed by atoms with E-state index in [1.54, 1.807) is 0 Å². The lowest BCUT2D eigenvalue weighted by Crippen LogP contribution is -1.81. The molecule has 0 unspecified atom stereocenters. The third kappa shape index (κ3) is 1.46. The normalized spacial score (nSPS) is 15.6. The van der Waals surface area contributed by atoms with Crippen LogP contribution >= 0.6 is 11.8 Å². The van der Waals surface area contributed by atoms with E-state index in [-0.39, 0.29) is 0 Å². The molecule has 0 spiro atoms. The Kier molecular flexibility index (Phi) is 1.95. The van der Waals surface area contributed by atoms with Crippen molar-refractivity contribution in [1.82, 2.24) is 0 Å². The topological polar surface area (TPSA) is 12.4 Å². The summed E-state index contributed by atoms with van der Waals surface area (Å²) in [5, 5.41) is 0. The molecule has 0 N–H and O–H groups in total. The summed E-state index contributed by atoms with van der Waals surface area (Å²) in [6.07, 6.45) is 1.99. The van der Waals surface area contributed by atoms with Gasteiger partial charge in [0.1, 0.15) is 0 Å². The van der Waals surface area contributed by atoms with Gasteiger partial charge in [-0.3, -0.25) is 4.99 Å². The van der Waals surface area contributed by atoms with Crippen LogP contribution in [0.2, 0.25) is 0 Å².